The van der Waals surface area contributed by atoms with Crippen LogP contribution in [-0.4, -0.2) is 10.1 Å². The first-order valence-corrected chi connectivity index (χ1v) is 7.67. The number of aliphatic hydroxyl groups is 1. The molecule has 0 radical (unpaired) electrons. The number of nitrogens with zero attached hydrogens (tertiary/aromatic N) is 1. The molecule has 0 amide bonds. The van der Waals surface area contributed by atoms with Crippen molar-refractivity contribution >= 4 is 27.7 Å². The van der Waals surface area contributed by atoms with Crippen molar-refractivity contribution in [3.05, 3.63) is 51.6 Å². The van der Waals surface area contributed by atoms with Gasteiger partial charge in [0.25, 0.3) is 0 Å². The van der Waals surface area contributed by atoms with Gasteiger partial charge in [-0.2, -0.15) is 0 Å². The summed E-state index contributed by atoms with van der Waals surface area (Å²) in [4.78, 5) is 5.56. The summed E-state index contributed by atoms with van der Waals surface area (Å²) >= 11 is 5.02. The van der Waals surface area contributed by atoms with Crippen molar-refractivity contribution < 1.29 is 5.11 Å². The van der Waals surface area contributed by atoms with Crippen LogP contribution >= 0.6 is 27.7 Å². The van der Waals surface area contributed by atoms with Crippen LogP contribution in [0.4, 0.5) is 0 Å². The third-order valence-electron chi connectivity index (χ3n) is 2.71. The van der Waals surface area contributed by atoms with Gasteiger partial charge in [-0.3, -0.25) is 0 Å². The van der Waals surface area contributed by atoms with Crippen molar-refractivity contribution in [2.45, 2.75) is 36.8 Å². The van der Waals surface area contributed by atoms with Crippen LogP contribution in [0, 0.1) is 13.8 Å². The number of benzene rings is 1. The smallest absolute Gasteiger partial charge is 0.101 e. The van der Waals surface area contributed by atoms with E-state index in [1.807, 2.05) is 25.1 Å². The monoisotopic (exact) mass is 337 g/mol. The first-order chi connectivity index (χ1) is 8.95. The van der Waals surface area contributed by atoms with E-state index < -0.39 is 6.10 Å². The fourth-order valence-electron chi connectivity index (χ4n) is 1.91. The Hall–Kier alpha value is -0.840. The van der Waals surface area contributed by atoms with Crippen molar-refractivity contribution in [3.63, 3.8) is 0 Å². The van der Waals surface area contributed by atoms with Crippen molar-refractivity contribution in [2.75, 3.05) is 0 Å². The van der Waals surface area contributed by atoms with Gasteiger partial charge in [-0.05, 0) is 62.2 Å². The summed E-state index contributed by atoms with van der Waals surface area (Å²) in [6, 6.07) is 10.1. The van der Waals surface area contributed by atoms with Crippen LogP contribution in [0.15, 0.2) is 44.7 Å². The van der Waals surface area contributed by atoms with Gasteiger partial charge >= 0.3 is 0 Å². The lowest BCUT2D eigenvalue weighted by molar-refractivity contribution is 0.196. The standard InChI is InChI=1S/C15H16BrNOS/c1-9-6-10(2)17-15(7-9)19-14-5-4-12(16)8-13(14)11(3)18/h4-8,11,18H,1-3H3. The second-order valence-corrected chi connectivity index (χ2v) is 6.56. The summed E-state index contributed by atoms with van der Waals surface area (Å²) in [7, 11) is 0. The molecule has 1 aromatic carbocycles. The predicted molar refractivity (Wildman–Crippen MR) is 82.6 cm³/mol. The molecule has 2 nitrogen and oxygen atoms in total. The fourth-order valence-corrected chi connectivity index (χ4v) is 3.43. The molecular weight excluding hydrogens is 322 g/mol. The Bertz CT molecular complexity index is 578. The van der Waals surface area contributed by atoms with Gasteiger partial charge in [0.15, 0.2) is 0 Å². The molecule has 2 aromatic rings. The van der Waals surface area contributed by atoms with Crippen LogP contribution in [0.5, 0.6) is 0 Å². The lowest BCUT2D eigenvalue weighted by Gasteiger charge is -2.12. The molecular formula is C15H16BrNOS. The summed E-state index contributed by atoms with van der Waals surface area (Å²) in [5.41, 5.74) is 3.13. The van der Waals surface area contributed by atoms with Crippen molar-refractivity contribution in [1.82, 2.24) is 4.98 Å². The summed E-state index contributed by atoms with van der Waals surface area (Å²) < 4.78 is 0.973. The Kier molecular flexibility index (Phi) is 4.66. The number of pyridine rings is 1. The molecule has 0 aliphatic carbocycles. The second-order valence-electron chi connectivity index (χ2n) is 4.58. The summed E-state index contributed by atoms with van der Waals surface area (Å²) in [6.07, 6.45) is -0.495. The Labute approximate surface area is 126 Å². The Morgan fingerprint density at radius 2 is 1.95 bits per heavy atom. The van der Waals surface area contributed by atoms with Gasteiger partial charge < -0.3 is 5.11 Å². The summed E-state index contributed by atoms with van der Waals surface area (Å²) in [5, 5.41) is 10.8. The highest BCUT2D eigenvalue weighted by Gasteiger charge is 2.11. The SMILES string of the molecule is Cc1cc(C)nc(Sc2ccc(Br)cc2C(C)O)c1. The second kappa shape index (κ2) is 6.07. The first kappa shape index (κ1) is 14.6. The number of hydrogen-bond acceptors (Lipinski definition) is 3. The van der Waals surface area contributed by atoms with Crippen LogP contribution in [0.2, 0.25) is 0 Å². The fraction of sp³-hybridized carbons (Fsp3) is 0.267. The van der Waals surface area contributed by atoms with Crippen molar-refractivity contribution in [3.8, 4) is 0 Å². The maximum Gasteiger partial charge on any atom is 0.101 e. The first-order valence-electron chi connectivity index (χ1n) is 6.06. The molecule has 4 heteroatoms. The minimum absolute atomic E-state index is 0.495. The van der Waals surface area contributed by atoms with E-state index in [0.29, 0.717) is 0 Å². The molecule has 1 atom stereocenters. The van der Waals surface area contributed by atoms with E-state index in [9.17, 15) is 5.11 Å². The van der Waals surface area contributed by atoms with Gasteiger partial charge in [-0.25, -0.2) is 4.98 Å². The minimum atomic E-state index is -0.495. The summed E-state index contributed by atoms with van der Waals surface area (Å²) in [5.74, 6) is 0. The van der Waals surface area contributed by atoms with Gasteiger partial charge in [0.2, 0.25) is 0 Å². The molecule has 0 aliphatic rings. The molecule has 100 valence electrons. The van der Waals surface area contributed by atoms with Crippen LogP contribution in [0.3, 0.4) is 0 Å². The average Bonchev–Trinajstić information content (AvgIpc) is 2.30. The van der Waals surface area contributed by atoms with Crippen LogP contribution in [0.1, 0.15) is 29.8 Å². The minimum Gasteiger partial charge on any atom is -0.389 e. The van der Waals surface area contributed by atoms with Gasteiger partial charge in [0.05, 0.1) is 6.10 Å². The molecule has 1 aromatic heterocycles. The summed E-state index contributed by atoms with van der Waals surface area (Å²) in [6.45, 7) is 5.84. The highest BCUT2D eigenvalue weighted by molar-refractivity contribution is 9.10. The number of rotatable bonds is 3. The van der Waals surface area contributed by atoms with E-state index in [-0.39, 0.29) is 0 Å². The number of aliphatic hydroxyl groups excluding tert-OH is 1. The third kappa shape index (κ3) is 3.81. The van der Waals surface area contributed by atoms with Gasteiger partial charge in [0, 0.05) is 15.1 Å². The van der Waals surface area contributed by atoms with Crippen LogP contribution in [0.25, 0.3) is 0 Å². The van der Waals surface area contributed by atoms with E-state index in [0.717, 1.165) is 25.7 Å². The molecule has 0 spiro atoms. The largest absolute Gasteiger partial charge is 0.389 e. The zero-order valence-corrected chi connectivity index (χ0v) is 13.5. The maximum atomic E-state index is 9.86. The van der Waals surface area contributed by atoms with E-state index in [4.69, 9.17) is 0 Å². The topological polar surface area (TPSA) is 33.1 Å². The van der Waals surface area contributed by atoms with E-state index in [1.54, 1.807) is 18.7 Å². The number of halogens is 1. The van der Waals surface area contributed by atoms with Gasteiger partial charge in [-0.15, -0.1) is 0 Å². The van der Waals surface area contributed by atoms with Crippen molar-refractivity contribution in [2.24, 2.45) is 0 Å². The molecule has 1 unspecified atom stereocenters. The number of hydrogen-bond donors (Lipinski definition) is 1. The van der Waals surface area contributed by atoms with E-state index >= 15 is 0 Å². The molecule has 1 N–H and O–H groups in total. The van der Waals surface area contributed by atoms with E-state index in [2.05, 4.69) is 40.0 Å². The Balaban J connectivity index is 2.37. The molecule has 0 saturated carbocycles. The molecule has 0 saturated heterocycles. The highest BCUT2D eigenvalue weighted by atomic mass is 79.9. The normalized spacial score (nSPS) is 12.5. The number of aryl methyl sites for hydroxylation is 2. The van der Waals surface area contributed by atoms with Crippen LogP contribution in [-0.2, 0) is 0 Å². The molecule has 0 bridgehead atoms. The van der Waals surface area contributed by atoms with Crippen LogP contribution < -0.4 is 0 Å². The zero-order valence-electron chi connectivity index (χ0n) is 11.1. The quantitative estimate of drug-likeness (QED) is 0.883. The highest BCUT2D eigenvalue weighted by Crippen LogP contribution is 2.34. The lowest BCUT2D eigenvalue weighted by atomic mass is 10.1. The Morgan fingerprint density at radius 3 is 2.58 bits per heavy atom. The lowest BCUT2D eigenvalue weighted by Crippen LogP contribution is -1.95. The molecule has 0 aliphatic heterocycles. The number of aromatic nitrogens is 1. The Morgan fingerprint density at radius 1 is 1.21 bits per heavy atom. The molecule has 19 heavy (non-hydrogen) atoms. The van der Waals surface area contributed by atoms with E-state index in [1.165, 1.54) is 5.56 Å². The van der Waals surface area contributed by atoms with Crippen molar-refractivity contribution in [1.29, 1.82) is 0 Å². The molecule has 0 fully saturated rings. The van der Waals surface area contributed by atoms with Gasteiger partial charge in [0.1, 0.15) is 5.03 Å². The maximum absolute atomic E-state index is 9.86. The molecule has 1 heterocycles. The zero-order chi connectivity index (χ0) is 14.0. The predicted octanol–water partition coefficient (Wildman–Crippen LogP) is 4.67. The third-order valence-corrected chi connectivity index (χ3v) is 4.21. The van der Waals surface area contributed by atoms with Gasteiger partial charge in [-0.1, -0.05) is 27.7 Å². The molecule has 2 rings (SSSR count). The average molecular weight is 338 g/mol.